The highest BCUT2D eigenvalue weighted by Gasteiger charge is 2.85. The van der Waals surface area contributed by atoms with Crippen LogP contribution < -0.4 is 5.32 Å². The van der Waals surface area contributed by atoms with Crippen molar-refractivity contribution in [2.24, 2.45) is 0 Å². The molecule has 0 aliphatic heterocycles. The van der Waals surface area contributed by atoms with Gasteiger partial charge in [-0.3, -0.25) is 14.3 Å². The molecule has 2 atom stereocenters. The van der Waals surface area contributed by atoms with Gasteiger partial charge in [0.2, 0.25) is 0 Å². The number of carbonyl (C=O) groups is 1. The van der Waals surface area contributed by atoms with Crippen LogP contribution in [0.3, 0.4) is 0 Å². The molecule has 0 aromatic heterocycles. The van der Waals surface area contributed by atoms with Crippen LogP contribution in [-0.2, 0) is 14.3 Å². The molecule has 1 rings (SSSR count). The van der Waals surface area contributed by atoms with E-state index in [0.29, 0.717) is 29.6 Å². The van der Waals surface area contributed by atoms with Crippen LogP contribution in [0, 0.1) is 5.82 Å². The molecule has 0 fully saturated rings. The monoisotopic (exact) mass is 589 g/mol. The molecule has 0 aliphatic rings. The highest BCUT2D eigenvalue weighted by molar-refractivity contribution is 5.96. The summed E-state index contributed by atoms with van der Waals surface area (Å²) in [5.41, 5.74) is -1.13. The van der Waals surface area contributed by atoms with E-state index in [-0.39, 0.29) is 0 Å². The third-order valence-corrected chi connectivity index (χ3v) is 3.76. The summed E-state index contributed by atoms with van der Waals surface area (Å²) < 4.78 is 238. The third-order valence-electron chi connectivity index (χ3n) is 3.76. The Morgan fingerprint density at radius 3 is 1.38 bits per heavy atom. The third kappa shape index (κ3) is 5.93. The number of halogens is 18. The molecule has 22 heteroatoms. The molecule has 4 nitrogen and oxygen atoms in total. The number of nitrogens with one attached hydrogen (secondary N) is 1. The van der Waals surface area contributed by atoms with Crippen molar-refractivity contribution < 1.29 is 93.3 Å². The first-order valence-electron chi connectivity index (χ1n) is 8.24. The predicted molar refractivity (Wildman–Crippen MR) is 77.9 cm³/mol. The van der Waals surface area contributed by atoms with Crippen molar-refractivity contribution in [3.05, 3.63) is 30.1 Å². The van der Waals surface area contributed by atoms with E-state index < -0.39 is 65.8 Å². The number of alkyl halides is 17. The molecule has 214 valence electrons. The zero-order chi connectivity index (χ0) is 29.7. The maximum Gasteiger partial charge on any atom is 0.462 e. The first-order valence-corrected chi connectivity index (χ1v) is 8.24. The van der Waals surface area contributed by atoms with Gasteiger partial charge in [-0.2, -0.15) is 74.6 Å². The average molecular weight is 589 g/mol. The Labute approximate surface area is 190 Å². The number of amides is 1. The van der Waals surface area contributed by atoms with E-state index in [9.17, 15) is 83.8 Å². The number of hydrogen-bond donors (Lipinski definition) is 1. The summed E-state index contributed by atoms with van der Waals surface area (Å²) in [5.74, 6) is -27.7. The number of benzene rings is 1. The standard InChI is InChI=1S/C15H5F18NO3/c16-5-1-3-6(4-2-5)34-7(35)8(17,11(21,22)23)36-15(32,33)10(20,13(27,28)29)37-14(30,31)9(18,19)12(24,25)26/h1-4H,(H,34,35). The molecule has 1 aromatic rings. The van der Waals surface area contributed by atoms with Crippen LogP contribution in [0.1, 0.15) is 0 Å². The summed E-state index contributed by atoms with van der Waals surface area (Å²) in [6.45, 7) is 0. The van der Waals surface area contributed by atoms with E-state index in [1.165, 1.54) is 4.74 Å². The average Bonchev–Trinajstić information content (AvgIpc) is 2.66. The summed E-state index contributed by atoms with van der Waals surface area (Å²) >= 11 is 0. The molecule has 0 bridgehead atoms. The Morgan fingerprint density at radius 2 is 1.03 bits per heavy atom. The van der Waals surface area contributed by atoms with Crippen molar-refractivity contribution >= 4 is 11.6 Å². The largest absolute Gasteiger partial charge is 0.462 e. The maximum atomic E-state index is 14.3. The van der Waals surface area contributed by atoms with Crippen LogP contribution in [0.5, 0.6) is 0 Å². The Kier molecular flexibility index (Phi) is 8.11. The Morgan fingerprint density at radius 1 is 0.595 bits per heavy atom. The van der Waals surface area contributed by atoms with Crippen LogP contribution in [0.25, 0.3) is 0 Å². The van der Waals surface area contributed by atoms with Gasteiger partial charge in [0.15, 0.2) is 0 Å². The quantitative estimate of drug-likeness (QED) is 0.347. The normalized spacial score (nSPS) is 17.7. The number of hydrogen-bond acceptors (Lipinski definition) is 3. The highest BCUT2D eigenvalue weighted by atomic mass is 19.4. The smallest absolute Gasteiger partial charge is 0.321 e. The van der Waals surface area contributed by atoms with E-state index in [0.717, 1.165) is 0 Å². The lowest BCUT2D eigenvalue weighted by atomic mass is 10.2. The van der Waals surface area contributed by atoms with Crippen LogP contribution in [0.4, 0.5) is 84.7 Å². The summed E-state index contributed by atoms with van der Waals surface area (Å²) in [4.78, 5) is 11.6. The fraction of sp³-hybridized carbons (Fsp3) is 0.533. The van der Waals surface area contributed by atoms with Gasteiger partial charge in [0.1, 0.15) is 5.82 Å². The number of ether oxygens (including phenoxy) is 2. The van der Waals surface area contributed by atoms with Crippen molar-refractivity contribution in [1.29, 1.82) is 0 Å². The first kappa shape index (κ1) is 32.4. The van der Waals surface area contributed by atoms with E-state index >= 15 is 0 Å². The summed E-state index contributed by atoms with van der Waals surface area (Å²) in [6, 6.07) is 1.23. The molecule has 0 heterocycles. The predicted octanol–water partition coefficient (Wildman–Crippen LogP) is 6.64. The van der Waals surface area contributed by atoms with Gasteiger partial charge in [-0.1, -0.05) is 0 Å². The molecule has 37 heavy (non-hydrogen) atoms. The van der Waals surface area contributed by atoms with Crippen molar-refractivity contribution in [3.63, 3.8) is 0 Å². The second-order valence-electron chi connectivity index (χ2n) is 6.46. The SMILES string of the molecule is O=C(Nc1ccc(F)cc1)C(F)(OC(F)(F)C(F)(OC(F)(F)C(F)(F)C(F)(F)F)C(F)(F)F)C(F)(F)F. The Balaban J connectivity index is 3.61. The van der Waals surface area contributed by atoms with E-state index in [2.05, 4.69) is 0 Å². The number of rotatable bonds is 8. The van der Waals surface area contributed by atoms with Crippen molar-refractivity contribution in [2.45, 2.75) is 48.4 Å². The van der Waals surface area contributed by atoms with Gasteiger partial charge >= 0.3 is 48.4 Å². The minimum Gasteiger partial charge on any atom is -0.321 e. The number of carbonyl (C=O) groups excluding carboxylic acids is 1. The Bertz CT molecular complexity index is 969. The van der Waals surface area contributed by atoms with Crippen LogP contribution in [0.2, 0.25) is 0 Å². The molecule has 0 saturated heterocycles. The van der Waals surface area contributed by atoms with Crippen LogP contribution in [0.15, 0.2) is 24.3 Å². The molecule has 2 unspecified atom stereocenters. The van der Waals surface area contributed by atoms with Crippen LogP contribution in [-0.4, -0.2) is 54.3 Å². The lowest BCUT2D eigenvalue weighted by Gasteiger charge is -2.40. The molecule has 1 aromatic carbocycles. The highest BCUT2D eigenvalue weighted by Crippen LogP contribution is 2.56. The first-order chi connectivity index (χ1) is 16.1. The Hall–Kier alpha value is -2.65. The zero-order valence-corrected chi connectivity index (χ0v) is 16.3. The molecule has 0 saturated carbocycles. The molecule has 0 spiro atoms. The zero-order valence-electron chi connectivity index (χ0n) is 16.3. The minimum absolute atomic E-state index is 0.292. The van der Waals surface area contributed by atoms with Crippen molar-refractivity contribution in [3.8, 4) is 0 Å². The van der Waals surface area contributed by atoms with Gasteiger partial charge in [0, 0.05) is 5.69 Å². The lowest BCUT2D eigenvalue weighted by Crippen LogP contribution is -2.68. The molecular weight excluding hydrogens is 584 g/mol. The lowest BCUT2D eigenvalue weighted by molar-refractivity contribution is -0.548. The van der Waals surface area contributed by atoms with Crippen molar-refractivity contribution in [1.82, 2.24) is 0 Å². The minimum atomic E-state index is -8.10. The fourth-order valence-electron chi connectivity index (χ4n) is 1.91. The summed E-state index contributed by atoms with van der Waals surface area (Å²) in [5, 5.41) is 0.701. The molecule has 1 amide bonds. The van der Waals surface area contributed by atoms with Gasteiger partial charge in [-0.15, -0.1) is 0 Å². The van der Waals surface area contributed by atoms with Gasteiger partial charge < -0.3 is 5.32 Å². The molecule has 1 N–H and O–H groups in total. The fourth-order valence-corrected chi connectivity index (χ4v) is 1.91. The van der Waals surface area contributed by atoms with Gasteiger partial charge in [0.25, 0.3) is 5.91 Å². The molecular formula is C15H5F18NO3. The molecule has 0 radical (unpaired) electrons. The second-order valence-corrected chi connectivity index (χ2v) is 6.46. The van der Waals surface area contributed by atoms with Crippen LogP contribution >= 0.6 is 0 Å². The van der Waals surface area contributed by atoms with E-state index in [4.69, 9.17) is 0 Å². The van der Waals surface area contributed by atoms with E-state index in [1.807, 2.05) is 4.74 Å². The van der Waals surface area contributed by atoms with Crippen molar-refractivity contribution in [2.75, 3.05) is 5.32 Å². The van der Waals surface area contributed by atoms with Gasteiger partial charge in [0.05, 0.1) is 0 Å². The van der Waals surface area contributed by atoms with E-state index in [1.54, 1.807) is 0 Å². The molecule has 0 aliphatic carbocycles. The summed E-state index contributed by atoms with van der Waals surface area (Å²) in [7, 11) is 0. The summed E-state index contributed by atoms with van der Waals surface area (Å²) in [6.07, 6.45) is -38.8. The topological polar surface area (TPSA) is 47.6 Å². The van der Waals surface area contributed by atoms with Gasteiger partial charge in [-0.05, 0) is 24.3 Å². The number of anilines is 1. The second kappa shape index (κ2) is 9.27. The van der Waals surface area contributed by atoms with Gasteiger partial charge in [-0.25, -0.2) is 4.39 Å². The maximum absolute atomic E-state index is 14.3.